The molecule has 0 unspecified atom stereocenters. The SMILES string of the molecule is CS(=O)(=O)c1snnc1[C@H]1CCCN(Cc2ccncc2)C1. The molecule has 0 saturated carbocycles. The summed E-state index contributed by atoms with van der Waals surface area (Å²) in [5.74, 6) is 0.138. The summed E-state index contributed by atoms with van der Waals surface area (Å²) in [6.07, 6.45) is 6.81. The Morgan fingerprint density at radius 2 is 2.14 bits per heavy atom. The van der Waals surface area contributed by atoms with Crippen molar-refractivity contribution in [1.29, 1.82) is 0 Å². The molecule has 3 heterocycles. The van der Waals surface area contributed by atoms with Crippen LogP contribution in [0.2, 0.25) is 0 Å². The number of likely N-dealkylation sites (tertiary alicyclic amines) is 1. The van der Waals surface area contributed by atoms with E-state index in [9.17, 15) is 8.42 Å². The van der Waals surface area contributed by atoms with E-state index in [2.05, 4.69) is 19.5 Å². The van der Waals surface area contributed by atoms with E-state index < -0.39 is 9.84 Å². The molecule has 0 N–H and O–H groups in total. The quantitative estimate of drug-likeness (QED) is 0.845. The highest BCUT2D eigenvalue weighted by Crippen LogP contribution is 2.32. The maximum atomic E-state index is 11.8. The van der Waals surface area contributed by atoms with E-state index in [1.165, 1.54) is 11.8 Å². The lowest BCUT2D eigenvalue weighted by molar-refractivity contribution is 0.197. The molecule has 0 spiro atoms. The van der Waals surface area contributed by atoms with Crippen LogP contribution in [0.25, 0.3) is 0 Å². The van der Waals surface area contributed by atoms with Gasteiger partial charge in [-0.15, -0.1) is 5.10 Å². The molecule has 22 heavy (non-hydrogen) atoms. The van der Waals surface area contributed by atoms with Crippen LogP contribution in [0.3, 0.4) is 0 Å². The molecule has 0 radical (unpaired) electrons. The van der Waals surface area contributed by atoms with E-state index in [1.807, 2.05) is 12.1 Å². The Bertz CT molecular complexity index is 730. The van der Waals surface area contributed by atoms with Crippen molar-refractivity contribution in [2.75, 3.05) is 19.3 Å². The van der Waals surface area contributed by atoms with Crippen LogP contribution in [0.5, 0.6) is 0 Å². The number of hydrogen-bond acceptors (Lipinski definition) is 7. The van der Waals surface area contributed by atoms with Crippen molar-refractivity contribution in [1.82, 2.24) is 19.5 Å². The molecule has 6 nitrogen and oxygen atoms in total. The van der Waals surface area contributed by atoms with E-state index in [1.54, 1.807) is 12.4 Å². The zero-order valence-corrected chi connectivity index (χ0v) is 14.0. The third-order valence-corrected chi connectivity index (χ3v) is 6.42. The van der Waals surface area contributed by atoms with E-state index >= 15 is 0 Å². The Morgan fingerprint density at radius 3 is 2.86 bits per heavy atom. The average molecular weight is 338 g/mol. The number of pyridine rings is 1. The summed E-state index contributed by atoms with van der Waals surface area (Å²) in [5.41, 5.74) is 1.86. The minimum absolute atomic E-state index is 0.138. The van der Waals surface area contributed by atoms with E-state index in [0.717, 1.165) is 44.0 Å². The molecule has 1 aliphatic heterocycles. The lowest BCUT2D eigenvalue weighted by atomic mass is 9.95. The first-order valence-corrected chi connectivity index (χ1v) is 9.84. The van der Waals surface area contributed by atoms with Crippen LogP contribution < -0.4 is 0 Å². The van der Waals surface area contributed by atoms with Gasteiger partial charge in [-0.3, -0.25) is 9.88 Å². The number of nitrogens with zero attached hydrogens (tertiary/aromatic N) is 4. The van der Waals surface area contributed by atoms with Crippen LogP contribution in [0.4, 0.5) is 0 Å². The first-order chi connectivity index (χ1) is 10.5. The average Bonchev–Trinajstić information content (AvgIpc) is 2.98. The van der Waals surface area contributed by atoms with Crippen LogP contribution in [0.1, 0.15) is 30.0 Å². The van der Waals surface area contributed by atoms with Crippen LogP contribution in [0, 0.1) is 0 Å². The molecule has 118 valence electrons. The Labute approximate surface area is 134 Å². The standard InChI is InChI=1S/C14H18N4O2S2/c1-22(19,20)14-13(16-17-21-14)12-3-2-8-18(10-12)9-11-4-6-15-7-5-11/h4-7,12H,2-3,8-10H2,1H3/t12-/m0/s1. The summed E-state index contributed by atoms with van der Waals surface area (Å²) in [5, 5.41) is 4.10. The lowest BCUT2D eigenvalue weighted by Gasteiger charge is -2.32. The van der Waals surface area contributed by atoms with Crippen molar-refractivity contribution in [3.8, 4) is 0 Å². The molecule has 8 heteroatoms. The highest BCUT2D eigenvalue weighted by atomic mass is 32.2. The normalized spacial score (nSPS) is 20.1. The number of aromatic nitrogens is 3. The van der Waals surface area contributed by atoms with Crippen LogP contribution >= 0.6 is 11.5 Å². The maximum Gasteiger partial charge on any atom is 0.188 e. The van der Waals surface area contributed by atoms with Gasteiger partial charge in [-0.2, -0.15) is 0 Å². The van der Waals surface area contributed by atoms with Crippen molar-refractivity contribution in [3.63, 3.8) is 0 Å². The molecule has 0 aliphatic carbocycles. The molecule has 3 rings (SSSR count). The van der Waals surface area contributed by atoms with Gasteiger partial charge in [0.25, 0.3) is 0 Å². The first-order valence-electron chi connectivity index (χ1n) is 7.17. The predicted octanol–water partition coefficient (Wildman–Crippen LogP) is 1.72. The Balaban J connectivity index is 1.75. The van der Waals surface area contributed by atoms with Crippen molar-refractivity contribution in [3.05, 3.63) is 35.8 Å². The zero-order valence-electron chi connectivity index (χ0n) is 12.3. The van der Waals surface area contributed by atoms with Crippen molar-refractivity contribution in [2.45, 2.75) is 29.5 Å². The van der Waals surface area contributed by atoms with Gasteiger partial charge in [-0.1, -0.05) is 4.49 Å². The summed E-state index contributed by atoms with van der Waals surface area (Å²) in [4.78, 5) is 6.37. The molecule has 2 aromatic rings. The molecular weight excluding hydrogens is 320 g/mol. The topological polar surface area (TPSA) is 76.1 Å². The molecule has 1 saturated heterocycles. The fourth-order valence-electron chi connectivity index (χ4n) is 2.86. The highest BCUT2D eigenvalue weighted by molar-refractivity contribution is 7.92. The van der Waals surface area contributed by atoms with Gasteiger partial charge >= 0.3 is 0 Å². The van der Waals surface area contributed by atoms with Crippen molar-refractivity contribution >= 4 is 21.4 Å². The van der Waals surface area contributed by atoms with Crippen molar-refractivity contribution < 1.29 is 8.42 Å². The zero-order chi connectivity index (χ0) is 15.6. The molecule has 2 aromatic heterocycles. The predicted molar refractivity (Wildman–Crippen MR) is 84.5 cm³/mol. The fourth-order valence-corrected chi connectivity index (χ4v) is 4.60. The third kappa shape index (κ3) is 3.50. The largest absolute Gasteiger partial charge is 0.298 e. The van der Waals surface area contributed by atoms with E-state index in [0.29, 0.717) is 9.90 Å². The molecule has 1 fully saturated rings. The Morgan fingerprint density at radius 1 is 1.36 bits per heavy atom. The minimum Gasteiger partial charge on any atom is -0.298 e. The summed E-state index contributed by atoms with van der Waals surface area (Å²) in [6.45, 7) is 2.69. The second kappa shape index (κ2) is 6.39. The molecular formula is C14H18N4O2S2. The molecule has 0 bridgehead atoms. The van der Waals surface area contributed by atoms with Crippen LogP contribution in [0.15, 0.2) is 28.7 Å². The number of rotatable bonds is 4. The lowest BCUT2D eigenvalue weighted by Crippen LogP contribution is -2.34. The summed E-state index contributed by atoms with van der Waals surface area (Å²) in [7, 11) is -3.25. The third-order valence-electron chi connectivity index (χ3n) is 3.87. The van der Waals surface area contributed by atoms with Gasteiger partial charge in [0, 0.05) is 49.2 Å². The summed E-state index contributed by atoms with van der Waals surface area (Å²) < 4.78 is 27.9. The minimum atomic E-state index is -3.25. The fraction of sp³-hybridized carbons (Fsp3) is 0.500. The highest BCUT2D eigenvalue weighted by Gasteiger charge is 2.29. The number of piperidine rings is 1. The van der Waals surface area contributed by atoms with Crippen LogP contribution in [-0.4, -0.2) is 47.2 Å². The number of hydrogen-bond donors (Lipinski definition) is 0. The second-order valence-corrected chi connectivity index (χ2v) is 8.61. The smallest absolute Gasteiger partial charge is 0.188 e. The van der Waals surface area contributed by atoms with Crippen LogP contribution in [-0.2, 0) is 16.4 Å². The monoisotopic (exact) mass is 338 g/mol. The van der Waals surface area contributed by atoms with E-state index in [-0.39, 0.29) is 5.92 Å². The van der Waals surface area contributed by atoms with Gasteiger partial charge in [0.1, 0.15) is 0 Å². The van der Waals surface area contributed by atoms with Gasteiger partial charge in [0.05, 0.1) is 5.69 Å². The molecule has 0 aromatic carbocycles. The molecule has 0 amide bonds. The summed E-state index contributed by atoms with van der Waals surface area (Å²) in [6, 6.07) is 4.02. The van der Waals surface area contributed by atoms with Gasteiger partial charge in [0.2, 0.25) is 0 Å². The van der Waals surface area contributed by atoms with Gasteiger partial charge in [0.15, 0.2) is 14.0 Å². The van der Waals surface area contributed by atoms with Gasteiger partial charge in [-0.05, 0) is 37.1 Å². The first kappa shape index (κ1) is 15.5. The van der Waals surface area contributed by atoms with Gasteiger partial charge in [-0.25, -0.2) is 8.42 Å². The Hall–Kier alpha value is -1.38. The second-order valence-electron chi connectivity index (χ2n) is 5.65. The molecule has 1 atom stereocenters. The molecule has 1 aliphatic rings. The van der Waals surface area contributed by atoms with E-state index in [4.69, 9.17) is 0 Å². The van der Waals surface area contributed by atoms with Gasteiger partial charge < -0.3 is 0 Å². The number of sulfone groups is 1. The maximum absolute atomic E-state index is 11.8. The summed E-state index contributed by atoms with van der Waals surface area (Å²) >= 11 is 0.979. The Kier molecular flexibility index (Phi) is 4.51. The van der Waals surface area contributed by atoms with Crippen molar-refractivity contribution in [2.24, 2.45) is 0 Å².